The third kappa shape index (κ3) is 2.70. The van der Waals surface area contributed by atoms with Gasteiger partial charge in [-0.1, -0.05) is 24.3 Å². The molecule has 0 amide bonds. The number of nitrogens with two attached hydrogens (primary N) is 1. The molecule has 3 aliphatic rings. The molecule has 1 aromatic carbocycles. The van der Waals surface area contributed by atoms with Gasteiger partial charge in [-0.15, -0.1) is 0 Å². The predicted molar refractivity (Wildman–Crippen MR) is 105 cm³/mol. The average molecular weight is 399 g/mol. The van der Waals surface area contributed by atoms with Gasteiger partial charge in [0, 0.05) is 37.0 Å². The van der Waals surface area contributed by atoms with E-state index >= 15 is 4.39 Å². The highest BCUT2D eigenvalue weighted by Gasteiger charge is 2.43. The second kappa shape index (κ2) is 6.00. The lowest BCUT2D eigenvalue weighted by atomic mass is 9.85. The van der Waals surface area contributed by atoms with Crippen molar-refractivity contribution in [3.8, 4) is 0 Å². The number of pyridine rings is 1. The lowest BCUT2D eigenvalue weighted by Gasteiger charge is -2.26. The summed E-state index contributed by atoms with van der Waals surface area (Å²) in [6, 6.07) is 2.02. The fourth-order valence-corrected chi connectivity index (χ4v) is 4.42. The Balaban J connectivity index is 1.67. The van der Waals surface area contributed by atoms with Crippen LogP contribution in [0.4, 0.5) is 14.5 Å². The maximum atomic E-state index is 15.0. The predicted octanol–water partition coefficient (Wildman–Crippen LogP) is 2.38. The van der Waals surface area contributed by atoms with Gasteiger partial charge in [0.25, 0.3) is 0 Å². The number of hydrogen-bond donors (Lipinski definition) is 2. The number of alkyl halides is 1. The minimum atomic E-state index is -1.42. The summed E-state index contributed by atoms with van der Waals surface area (Å²) in [5.74, 6) is -2.03. The molecule has 29 heavy (non-hydrogen) atoms. The molecule has 4 atom stereocenters. The molecule has 1 saturated heterocycles. The van der Waals surface area contributed by atoms with Crippen molar-refractivity contribution in [1.82, 2.24) is 4.57 Å². The molecule has 0 bridgehead atoms. The number of hydrogen-bond acceptors (Lipinski definition) is 4. The summed E-state index contributed by atoms with van der Waals surface area (Å²) in [4.78, 5) is 25.8. The molecule has 2 fully saturated rings. The van der Waals surface area contributed by atoms with Gasteiger partial charge in [-0.3, -0.25) is 4.79 Å². The van der Waals surface area contributed by atoms with Crippen LogP contribution in [0.25, 0.3) is 10.9 Å². The smallest absolute Gasteiger partial charge is 0.341 e. The molecule has 1 saturated carbocycles. The van der Waals surface area contributed by atoms with Crippen LogP contribution in [0.5, 0.6) is 0 Å². The quantitative estimate of drug-likeness (QED) is 0.827. The second-order valence-corrected chi connectivity index (χ2v) is 8.07. The summed E-state index contributed by atoms with van der Waals surface area (Å²) in [6.07, 6.45) is 7.96. The Kier molecular flexibility index (Phi) is 3.73. The fourth-order valence-electron chi connectivity index (χ4n) is 4.42. The van der Waals surface area contributed by atoms with Crippen molar-refractivity contribution in [2.45, 2.75) is 24.2 Å². The van der Waals surface area contributed by atoms with Crippen molar-refractivity contribution >= 4 is 22.6 Å². The number of aromatic nitrogens is 1. The van der Waals surface area contributed by atoms with E-state index in [1.54, 1.807) is 0 Å². The number of rotatable bonds is 3. The van der Waals surface area contributed by atoms with Crippen molar-refractivity contribution in [1.29, 1.82) is 0 Å². The zero-order valence-corrected chi connectivity index (χ0v) is 15.4. The first-order chi connectivity index (χ1) is 13.8. The molecule has 8 heteroatoms. The molecule has 2 aliphatic carbocycles. The molecule has 6 nitrogen and oxygen atoms in total. The topological polar surface area (TPSA) is 88.6 Å². The molecule has 4 unspecified atom stereocenters. The normalized spacial score (nSPS) is 30.0. The van der Waals surface area contributed by atoms with Crippen molar-refractivity contribution in [2.24, 2.45) is 11.7 Å². The van der Waals surface area contributed by atoms with Crippen molar-refractivity contribution in [2.75, 3.05) is 18.0 Å². The summed E-state index contributed by atoms with van der Waals surface area (Å²) in [6.45, 7) is 0.903. The van der Waals surface area contributed by atoms with Gasteiger partial charge in [0.1, 0.15) is 17.6 Å². The third-order valence-corrected chi connectivity index (χ3v) is 6.14. The molecular formula is C21H19F2N3O3. The van der Waals surface area contributed by atoms with E-state index < -0.39 is 40.5 Å². The lowest BCUT2D eigenvalue weighted by Crippen LogP contribution is -2.46. The molecule has 1 aromatic heterocycles. The zero-order chi connectivity index (χ0) is 20.5. The first-order valence-electron chi connectivity index (χ1n) is 9.44. The molecule has 1 aliphatic heterocycles. The summed E-state index contributed by atoms with van der Waals surface area (Å²) in [5.41, 5.74) is 5.19. The van der Waals surface area contributed by atoms with Crippen LogP contribution in [0.15, 0.2) is 47.4 Å². The molecule has 150 valence electrons. The molecule has 2 aromatic rings. The molecule has 5 rings (SSSR count). The van der Waals surface area contributed by atoms with Gasteiger partial charge in [-0.2, -0.15) is 0 Å². The Hall–Kier alpha value is -3.00. The van der Waals surface area contributed by atoms with Crippen LogP contribution >= 0.6 is 0 Å². The highest BCUT2D eigenvalue weighted by Crippen LogP contribution is 2.42. The van der Waals surface area contributed by atoms with Gasteiger partial charge in [0.05, 0.1) is 22.8 Å². The number of fused-ring (bicyclic) bond motifs is 2. The van der Waals surface area contributed by atoms with Gasteiger partial charge in [-0.25, -0.2) is 13.6 Å². The number of carbonyl (C=O) groups is 1. The molecular weight excluding hydrogens is 380 g/mol. The lowest BCUT2D eigenvalue weighted by molar-refractivity contribution is 0.0694. The maximum absolute atomic E-state index is 15.0. The number of aromatic carboxylic acids is 1. The molecule has 0 spiro atoms. The largest absolute Gasteiger partial charge is 0.477 e. The van der Waals surface area contributed by atoms with E-state index in [2.05, 4.69) is 0 Å². The van der Waals surface area contributed by atoms with E-state index in [9.17, 15) is 19.1 Å². The van der Waals surface area contributed by atoms with Gasteiger partial charge in [-0.05, 0) is 12.1 Å². The molecule has 0 radical (unpaired) electrons. The summed E-state index contributed by atoms with van der Waals surface area (Å²) < 4.78 is 30.3. The van der Waals surface area contributed by atoms with Crippen molar-refractivity contribution in [3.63, 3.8) is 0 Å². The van der Waals surface area contributed by atoms with Crippen LogP contribution in [0.3, 0.4) is 0 Å². The van der Waals surface area contributed by atoms with Crippen LogP contribution in [0.1, 0.15) is 22.8 Å². The Labute approximate surface area is 164 Å². The van der Waals surface area contributed by atoms with Crippen LogP contribution in [-0.4, -0.2) is 40.4 Å². The first kappa shape index (κ1) is 18.1. The standard InChI is InChI=1S/C21H19F2N3O3/c22-14-5-12-16(26(18-6-15(18)23)9-13(19(12)27)20(28)29)7-17(14)25-8-11-3-1-2-4-21(11,24)10-25/h1-5,7,9,11,15,18H,6,8,10,24H2,(H,28,29). The monoisotopic (exact) mass is 399 g/mol. The van der Waals surface area contributed by atoms with Crippen LogP contribution in [0, 0.1) is 11.7 Å². The molecule has 3 N–H and O–H groups in total. The minimum absolute atomic E-state index is 0.0258. The van der Waals surface area contributed by atoms with Gasteiger partial charge in [0.15, 0.2) is 0 Å². The van der Waals surface area contributed by atoms with Crippen molar-refractivity contribution in [3.05, 3.63) is 64.2 Å². The van der Waals surface area contributed by atoms with Gasteiger partial charge < -0.3 is 20.3 Å². The number of halogens is 2. The minimum Gasteiger partial charge on any atom is -0.477 e. The summed E-state index contributed by atoms with van der Waals surface area (Å²) >= 11 is 0. The molecule has 2 heterocycles. The van der Waals surface area contributed by atoms with Crippen LogP contribution in [-0.2, 0) is 0 Å². The van der Waals surface area contributed by atoms with E-state index in [0.29, 0.717) is 18.6 Å². The number of anilines is 1. The first-order valence-corrected chi connectivity index (χ1v) is 9.44. The Bertz CT molecular complexity index is 1170. The number of allylic oxidation sites excluding steroid dienone is 2. The van der Waals surface area contributed by atoms with E-state index in [1.165, 1.54) is 16.8 Å². The summed E-state index contributed by atoms with van der Waals surface area (Å²) in [7, 11) is 0. The second-order valence-electron chi connectivity index (χ2n) is 8.07. The van der Waals surface area contributed by atoms with Gasteiger partial charge >= 0.3 is 5.97 Å². The number of nitrogens with zero attached hydrogens (tertiary/aromatic N) is 2. The number of carboxylic acids is 1. The van der Waals surface area contributed by atoms with E-state index in [-0.39, 0.29) is 23.4 Å². The average Bonchev–Trinajstić information content (AvgIpc) is 3.28. The Morgan fingerprint density at radius 1 is 1.31 bits per heavy atom. The van der Waals surface area contributed by atoms with Crippen LogP contribution < -0.4 is 16.1 Å². The Morgan fingerprint density at radius 3 is 2.72 bits per heavy atom. The maximum Gasteiger partial charge on any atom is 0.341 e. The zero-order valence-electron chi connectivity index (χ0n) is 15.4. The third-order valence-electron chi connectivity index (χ3n) is 6.14. The SMILES string of the molecule is NC12C=CC=CC1CN(c1cc3c(cc1F)c(=O)c(C(=O)O)cn3C1CC1F)C2. The van der Waals surface area contributed by atoms with E-state index in [1.807, 2.05) is 29.2 Å². The number of benzene rings is 1. The van der Waals surface area contributed by atoms with Crippen LogP contribution in [0.2, 0.25) is 0 Å². The Morgan fingerprint density at radius 2 is 2.07 bits per heavy atom. The van der Waals surface area contributed by atoms with Crippen molar-refractivity contribution < 1.29 is 18.7 Å². The van der Waals surface area contributed by atoms with E-state index in [0.717, 1.165) is 6.07 Å². The highest BCUT2D eigenvalue weighted by atomic mass is 19.1. The fraction of sp³-hybridized carbons (Fsp3) is 0.333. The summed E-state index contributed by atoms with van der Waals surface area (Å²) in [5, 5.41) is 9.26. The number of carboxylic acid groups (broad SMARTS) is 1. The van der Waals surface area contributed by atoms with Gasteiger partial charge in [0.2, 0.25) is 5.43 Å². The highest BCUT2D eigenvalue weighted by molar-refractivity contribution is 5.93. The van der Waals surface area contributed by atoms with E-state index in [4.69, 9.17) is 5.73 Å².